The monoisotopic (exact) mass is 272 g/mol. The highest BCUT2D eigenvalue weighted by Gasteiger charge is 2.02. The average molecular weight is 273 g/mol. The molecule has 0 amide bonds. The topological polar surface area (TPSA) is 51.0 Å². The Kier molecular flexibility index (Phi) is 3.05. The van der Waals surface area contributed by atoms with E-state index in [2.05, 4.69) is 11.1 Å². The molecule has 0 saturated heterocycles. The Bertz CT molecular complexity index is 704. The minimum atomic E-state index is 0.482. The zero-order valence-electron chi connectivity index (χ0n) is 10.2. The van der Waals surface area contributed by atoms with Crippen molar-refractivity contribution in [3.8, 4) is 5.75 Å². The quantitative estimate of drug-likeness (QED) is 0.709. The third-order valence-electron chi connectivity index (χ3n) is 2.91. The van der Waals surface area contributed by atoms with Gasteiger partial charge in [-0.15, -0.1) is 0 Å². The van der Waals surface area contributed by atoms with E-state index in [1.165, 1.54) is 0 Å². The number of rotatable bonds is 3. The zero-order chi connectivity index (χ0) is 13.2. The van der Waals surface area contributed by atoms with Crippen molar-refractivity contribution in [2.45, 2.75) is 6.61 Å². The second-order valence-corrected chi connectivity index (χ2v) is 4.82. The zero-order valence-corrected chi connectivity index (χ0v) is 10.9. The molecule has 0 spiro atoms. The van der Waals surface area contributed by atoms with Gasteiger partial charge in [0.15, 0.2) is 0 Å². The molecule has 0 radical (unpaired) electrons. The van der Waals surface area contributed by atoms with Crippen LogP contribution in [0.4, 0.5) is 5.69 Å². The lowest BCUT2D eigenvalue weighted by Gasteiger charge is -2.04. The van der Waals surface area contributed by atoms with Crippen LogP contribution in [0.2, 0.25) is 5.02 Å². The summed E-state index contributed by atoms with van der Waals surface area (Å²) in [7, 11) is 0. The smallest absolute Gasteiger partial charge is 0.128 e. The van der Waals surface area contributed by atoms with Crippen molar-refractivity contribution in [3.05, 3.63) is 59.2 Å². The van der Waals surface area contributed by atoms with E-state index in [1.54, 1.807) is 0 Å². The van der Waals surface area contributed by atoms with E-state index in [0.717, 1.165) is 28.0 Å². The molecule has 0 unspecified atom stereocenters. The number of hydrogen-bond acceptors (Lipinski definition) is 2. The van der Waals surface area contributed by atoms with E-state index in [9.17, 15) is 0 Å². The summed E-state index contributed by atoms with van der Waals surface area (Å²) in [5.74, 6) is 0.794. The third kappa shape index (κ3) is 2.66. The molecule has 1 aromatic heterocycles. The van der Waals surface area contributed by atoms with Crippen LogP contribution in [0.25, 0.3) is 10.9 Å². The molecule has 0 bridgehead atoms. The van der Waals surface area contributed by atoms with Gasteiger partial charge in [-0.3, -0.25) is 0 Å². The number of anilines is 1. The molecule has 0 aliphatic heterocycles. The fourth-order valence-electron chi connectivity index (χ4n) is 1.97. The molecular formula is C15H13ClN2O. The summed E-state index contributed by atoms with van der Waals surface area (Å²) < 4.78 is 5.69. The lowest BCUT2D eigenvalue weighted by Crippen LogP contribution is -1.95. The van der Waals surface area contributed by atoms with Crippen molar-refractivity contribution < 1.29 is 4.74 Å². The van der Waals surface area contributed by atoms with Gasteiger partial charge in [-0.1, -0.05) is 17.7 Å². The van der Waals surface area contributed by atoms with Crippen molar-refractivity contribution in [1.82, 2.24) is 4.98 Å². The lowest BCUT2D eigenvalue weighted by atomic mass is 10.2. The lowest BCUT2D eigenvalue weighted by molar-refractivity contribution is 0.302. The van der Waals surface area contributed by atoms with Gasteiger partial charge in [0.25, 0.3) is 0 Å². The number of benzene rings is 2. The Morgan fingerprint density at radius 3 is 2.63 bits per heavy atom. The largest absolute Gasteiger partial charge is 0.487 e. The van der Waals surface area contributed by atoms with E-state index >= 15 is 0 Å². The summed E-state index contributed by atoms with van der Waals surface area (Å²) in [6, 6.07) is 15.2. The standard InChI is InChI=1S/C15H13ClN2O/c16-11-2-5-14(6-3-11)19-9-13-7-10-1-4-12(17)8-15(10)18-13/h1-8,18H,9,17H2. The predicted molar refractivity (Wildman–Crippen MR) is 78.5 cm³/mol. The van der Waals surface area contributed by atoms with Gasteiger partial charge in [0.1, 0.15) is 12.4 Å². The summed E-state index contributed by atoms with van der Waals surface area (Å²) in [5.41, 5.74) is 8.53. The molecule has 4 heteroatoms. The van der Waals surface area contributed by atoms with Crippen LogP contribution in [0.15, 0.2) is 48.5 Å². The van der Waals surface area contributed by atoms with Crippen LogP contribution in [-0.4, -0.2) is 4.98 Å². The fourth-order valence-corrected chi connectivity index (χ4v) is 2.10. The average Bonchev–Trinajstić information content (AvgIpc) is 2.80. The Hall–Kier alpha value is -2.13. The van der Waals surface area contributed by atoms with Gasteiger partial charge in [-0.2, -0.15) is 0 Å². The summed E-state index contributed by atoms with van der Waals surface area (Å²) in [6.45, 7) is 0.482. The molecule has 0 aliphatic rings. The van der Waals surface area contributed by atoms with Crippen LogP contribution >= 0.6 is 11.6 Å². The minimum Gasteiger partial charge on any atom is -0.487 e. The van der Waals surface area contributed by atoms with Gasteiger partial charge >= 0.3 is 0 Å². The molecule has 19 heavy (non-hydrogen) atoms. The van der Waals surface area contributed by atoms with Crippen LogP contribution in [0.3, 0.4) is 0 Å². The molecule has 3 nitrogen and oxygen atoms in total. The maximum absolute atomic E-state index is 5.82. The SMILES string of the molecule is Nc1ccc2cc(COc3ccc(Cl)cc3)[nH]c2c1. The predicted octanol–water partition coefficient (Wildman–Crippen LogP) is 3.98. The number of halogens is 1. The molecule has 1 heterocycles. The van der Waals surface area contributed by atoms with Crippen molar-refractivity contribution in [2.75, 3.05) is 5.73 Å². The van der Waals surface area contributed by atoms with Gasteiger partial charge < -0.3 is 15.5 Å². The molecule has 0 fully saturated rings. The van der Waals surface area contributed by atoms with Gasteiger partial charge in [0.05, 0.1) is 5.69 Å². The Labute approximate surface area is 116 Å². The highest BCUT2D eigenvalue weighted by molar-refractivity contribution is 6.30. The number of nitrogens with one attached hydrogen (secondary N) is 1. The number of aromatic nitrogens is 1. The number of aromatic amines is 1. The highest BCUT2D eigenvalue weighted by atomic mass is 35.5. The van der Waals surface area contributed by atoms with Crippen molar-refractivity contribution in [2.24, 2.45) is 0 Å². The normalized spacial score (nSPS) is 10.8. The number of fused-ring (bicyclic) bond motifs is 1. The first-order valence-electron chi connectivity index (χ1n) is 5.96. The first-order chi connectivity index (χ1) is 9.20. The van der Waals surface area contributed by atoms with Gasteiger partial charge in [0, 0.05) is 16.2 Å². The van der Waals surface area contributed by atoms with Crippen molar-refractivity contribution in [3.63, 3.8) is 0 Å². The van der Waals surface area contributed by atoms with E-state index in [1.807, 2.05) is 42.5 Å². The first kappa shape index (κ1) is 11.9. The third-order valence-corrected chi connectivity index (χ3v) is 3.16. The second-order valence-electron chi connectivity index (χ2n) is 4.38. The Morgan fingerprint density at radius 1 is 1.05 bits per heavy atom. The Morgan fingerprint density at radius 2 is 1.84 bits per heavy atom. The van der Waals surface area contributed by atoms with Crippen molar-refractivity contribution in [1.29, 1.82) is 0 Å². The summed E-state index contributed by atoms with van der Waals surface area (Å²) >= 11 is 5.82. The number of nitrogen functional groups attached to an aromatic ring is 1. The van der Waals surface area contributed by atoms with E-state index in [0.29, 0.717) is 11.6 Å². The van der Waals surface area contributed by atoms with E-state index < -0.39 is 0 Å². The number of H-pyrrole nitrogens is 1. The molecule has 0 atom stereocenters. The first-order valence-corrected chi connectivity index (χ1v) is 6.34. The molecule has 96 valence electrons. The van der Waals surface area contributed by atoms with Crippen LogP contribution in [0.5, 0.6) is 5.75 Å². The van der Waals surface area contributed by atoms with Crippen LogP contribution in [-0.2, 0) is 6.61 Å². The maximum atomic E-state index is 5.82. The minimum absolute atomic E-state index is 0.482. The van der Waals surface area contributed by atoms with Crippen molar-refractivity contribution >= 4 is 28.2 Å². The van der Waals surface area contributed by atoms with Gasteiger partial charge in [0.2, 0.25) is 0 Å². The number of nitrogens with two attached hydrogens (primary N) is 1. The van der Waals surface area contributed by atoms with Gasteiger partial charge in [-0.25, -0.2) is 0 Å². The number of hydrogen-bond donors (Lipinski definition) is 2. The van der Waals surface area contributed by atoms with E-state index in [-0.39, 0.29) is 0 Å². The molecule has 0 saturated carbocycles. The summed E-state index contributed by atoms with van der Waals surface area (Å²) in [5, 5.41) is 1.83. The summed E-state index contributed by atoms with van der Waals surface area (Å²) in [6.07, 6.45) is 0. The molecule has 3 aromatic rings. The van der Waals surface area contributed by atoms with Gasteiger partial charge in [-0.05, 0) is 47.9 Å². The summed E-state index contributed by atoms with van der Waals surface area (Å²) in [4.78, 5) is 3.29. The van der Waals surface area contributed by atoms with Crippen LogP contribution in [0, 0.1) is 0 Å². The molecular weight excluding hydrogens is 260 g/mol. The maximum Gasteiger partial charge on any atom is 0.128 e. The fraction of sp³-hybridized carbons (Fsp3) is 0.0667. The molecule has 3 rings (SSSR count). The van der Waals surface area contributed by atoms with Crippen LogP contribution < -0.4 is 10.5 Å². The van der Waals surface area contributed by atoms with Crippen LogP contribution in [0.1, 0.15) is 5.69 Å². The Balaban J connectivity index is 1.76. The molecule has 2 aromatic carbocycles. The second kappa shape index (κ2) is 4.86. The number of ether oxygens (including phenoxy) is 1. The molecule has 3 N–H and O–H groups in total. The van der Waals surface area contributed by atoms with E-state index in [4.69, 9.17) is 22.1 Å². The molecule has 0 aliphatic carbocycles. The highest BCUT2D eigenvalue weighted by Crippen LogP contribution is 2.20.